The fraction of sp³-hybridized carbons (Fsp3) is 0.727. The number of aliphatic hydroxyl groups excluding tert-OH is 2. The Labute approximate surface area is 101 Å². The topological polar surface area (TPSA) is 96.3 Å². The highest BCUT2D eigenvalue weighted by molar-refractivity contribution is 5.66. The Morgan fingerprint density at radius 2 is 2.00 bits per heavy atom. The Bertz CT molecular complexity index is 372. The molecule has 0 saturated carbocycles. The van der Waals surface area contributed by atoms with Gasteiger partial charge in [0, 0.05) is 7.05 Å². The number of aromatic nitrogens is 2. The second kappa shape index (κ2) is 5.37. The molecule has 5 N–H and O–H groups in total. The summed E-state index contributed by atoms with van der Waals surface area (Å²) in [4.78, 5) is 0. The van der Waals surface area contributed by atoms with Gasteiger partial charge in [-0.3, -0.25) is 4.68 Å². The first-order valence-corrected chi connectivity index (χ1v) is 5.78. The summed E-state index contributed by atoms with van der Waals surface area (Å²) in [6.45, 7) is 3.42. The van der Waals surface area contributed by atoms with Crippen LogP contribution in [0.5, 0.6) is 0 Å². The SMILES string of the molecule is CCCc1nn(C)c(NC(C)(CO)CO)c1N. The third-order valence-electron chi connectivity index (χ3n) is 2.77. The molecule has 0 spiro atoms. The Morgan fingerprint density at radius 1 is 1.41 bits per heavy atom. The summed E-state index contributed by atoms with van der Waals surface area (Å²) in [6.07, 6.45) is 1.79. The summed E-state index contributed by atoms with van der Waals surface area (Å²) in [5.74, 6) is 0.638. The minimum absolute atomic E-state index is 0.183. The minimum Gasteiger partial charge on any atom is -0.394 e. The largest absolute Gasteiger partial charge is 0.394 e. The van der Waals surface area contributed by atoms with Gasteiger partial charge in [0.05, 0.1) is 30.1 Å². The number of nitrogen functional groups attached to an aromatic ring is 1. The fourth-order valence-corrected chi connectivity index (χ4v) is 1.58. The van der Waals surface area contributed by atoms with Crippen molar-refractivity contribution in [2.45, 2.75) is 32.2 Å². The van der Waals surface area contributed by atoms with Crippen molar-refractivity contribution in [3.05, 3.63) is 5.69 Å². The summed E-state index contributed by atoms with van der Waals surface area (Å²) >= 11 is 0. The Hall–Kier alpha value is -1.27. The van der Waals surface area contributed by atoms with Gasteiger partial charge in [-0.15, -0.1) is 0 Å². The number of hydrogen-bond acceptors (Lipinski definition) is 5. The van der Waals surface area contributed by atoms with Gasteiger partial charge in [-0.05, 0) is 13.3 Å². The van der Waals surface area contributed by atoms with E-state index in [-0.39, 0.29) is 13.2 Å². The molecule has 6 heteroatoms. The van der Waals surface area contributed by atoms with Gasteiger partial charge in [-0.2, -0.15) is 5.10 Å². The van der Waals surface area contributed by atoms with Crippen LogP contribution in [0.4, 0.5) is 11.5 Å². The normalized spacial score (nSPS) is 11.8. The molecule has 0 aliphatic carbocycles. The van der Waals surface area contributed by atoms with Crippen molar-refractivity contribution < 1.29 is 10.2 Å². The van der Waals surface area contributed by atoms with Gasteiger partial charge in [-0.1, -0.05) is 13.3 Å². The molecule has 17 heavy (non-hydrogen) atoms. The quantitative estimate of drug-likeness (QED) is 0.568. The highest BCUT2D eigenvalue weighted by atomic mass is 16.3. The maximum Gasteiger partial charge on any atom is 0.148 e. The molecule has 0 radical (unpaired) electrons. The first-order valence-electron chi connectivity index (χ1n) is 5.78. The molecule has 0 bridgehead atoms. The van der Waals surface area contributed by atoms with Gasteiger partial charge in [0.2, 0.25) is 0 Å². The number of hydrogen-bond donors (Lipinski definition) is 4. The van der Waals surface area contributed by atoms with Crippen LogP contribution in [0, 0.1) is 0 Å². The molecule has 0 aromatic carbocycles. The summed E-state index contributed by atoms with van der Waals surface area (Å²) < 4.78 is 1.64. The van der Waals surface area contributed by atoms with Crippen molar-refractivity contribution in [1.82, 2.24) is 9.78 Å². The van der Waals surface area contributed by atoms with E-state index < -0.39 is 5.54 Å². The summed E-state index contributed by atoms with van der Waals surface area (Å²) in [5, 5.41) is 25.9. The van der Waals surface area contributed by atoms with Crippen molar-refractivity contribution in [2.24, 2.45) is 7.05 Å². The lowest BCUT2D eigenvalue weighted by Gasteiger charge is -2.27. The minimum atomic E-state index is -0.800. The van der Waals surface area contributed by atoms with Crippen LogP contribution in [0.25, 0.3) is 0 Å². The van der Waals surface area contributed by atoms with E-state index in [1.807, 2.05) is 0 Å². The Kier molecular flexibility index (Phi) is 4.36. The number of rotatable bonds is 6. The van der Waals surface area contributed by atoms with Gasteiger partial charge < -0.3 is 21.3 Å². The zero-order valence-electron chi connectivity index (χ0n) is 10.7. The van der Waals surface area contributed by atoms with E-state index in [9.17, 15) is 10.2 Å². The molecule has 98 valence electrons. The lowest BCUT2D eigenvalue weighted by Crippen LogP contribution is -2.43. The van der Waals surface area contributed by atoms with E-state index in [1.165, 1.54) is 0 Å². The molecule has 0 amide bonds. The number of aryl methyl sites for hydroxylation is 2. The van der Waals surface area contributed by atoms with E-state index >= 15 is 0 Å². The second-order valence-electron chi connectivity index (χ2n) is 4.58. The standard InChI is InChI=1S/C11H22N4O2/c1-4-5-8-9(12)10(15(3)14-8)13-11(2,6-16)7-17/h13,16-17H,4-7,12H2,1-3H3. The Balaban J connectivity index is 2.98. The number of nitrogens with one attached hydrogen (secondary N) is 1. The second-order valence-corrected chi connectivity index (χ2v) is 4.58. The molecule has 0 aliphatic rings. The van der Waals surface area contributed by atoms with E-state index in [0.717, 1.165) is 18.5 Å². The lowest BCUT2D eigenvalue weighted by atomic mass is 10.1. The van der Waals surface area contributed by atoms with E-state index in [1.54, 1.807) is 18.7 Å². The maximum absolute atomic E-state index is 9.25. The highest BCUT2D eigenvalue weighted by Gasteiger charge is 2.25. The van der Waals surface area contributed by atoms with Gasteiger partial charge in [0.15, 0.2) is 0 Å². The molecule has 0 unspecified atom stereocenters. The lowest BCUT2D eigenvalue weighted by molar-refractivity contribution is 0.147. The number of anilines is 2. The molecule has 1 rings (SSSR count). The van der Waals surface area contributed by atoms with Crippen LogP contribution in [0.1, 0.15) is 26.0 Å². The van der Waals surface area contributed by atoms with Gasteiger partial charge in [0.25, 0.3) is 0 Å². The number of nitrogens with two attached hydrogens (primary N) is 1. The predicted molar refractivity (Wildman–Crippen MR) is 67.8 cm³/mol. The van der Waals surface area contributed by atoms with Crippen LogP contribution >= 0.6 is 0 Å². The molecule has 0 atom stereocenters. The molecule has 0 fully saturated rings. The van der Waals surface area contributed by atoms with Gasteiger partial charge in [-0.25, -0.2) is 0 Å². The first kappa shape index (κ1) is 13.8. The van der Waals surface area contributed by atoms with Crippen molar-refractivity contribution in [3.8, 4) is 0 Å². The Morgan fingerprint density at radius 3 is 2.47 bits per heavy atom. The average Bonchev–Trinajstić information content (AvgIpc) is 2.57. The fourth-order valence-electron chi connectivity index (χ4n) is 1.58. The van der Waals surface area contributed by atoms with Crippen LogP contribution in [0.15, 0.2) is 0 Å². The molecule has 1 aromatic rings. The smallest absolute Gasteiger partial charge is 0.148 e. The van der Waals surface area contributed by atoms with E-state index in [4.69, 9.17) is 5.73 Å². The molecule has 0 saturated heterocycles. The first-order chi connectivity index (χ1) is 7.97. The molecular weight excluding hydrogens is 220 g/mol. The highest BCUT2D eigenvalue weighted by Crippen LogP contribution is 2.25. The molecule has 6 nitrogen and oxygen atoms in total. The predicted octanol–water partition coefficient (Wildman–Crippen LogP) is 0.110. The van der Waals surface area contributed by atoms with Crippen LogP contribution in [-0.4, -0.2) is 38.7 Å². The third-order valence-corrected chi connectivity index (χ3v) is 2.77. The summed E-state index contributed by atoms with van der Waals surface area (Å²) in [5.41, 5.74) is 6.63. The third kappa shape index (κ3) is 2.89. The molecular formula is C11H22N4O2. The van der Waals surface area contributed by atoms with E-state index in [2.05, 4.69) is 17.3 Å². The zero-order chi connectivity index (χ0) is 13.1. The van der Waals surface area contributed by atoms with Crippen LogP contribution in [-0.2, 0) is 13.5 Å². The average molecular weight is 242 g/mol. The van der Waals surface area contributed by atoms with Crippen molar-refractivity contribution >= 4 is 11.5 Å². The van der Waals surface area contributed by atoms with Crippen LogP contribution in [0.3, 0.4) is 0 Å². The van der Waals surface area contributed by atoms with Crippen LogP contribution in [0.2, 0.25) is 0 Å². The monoisotopic (exact) mass is 242 g/mol. The summed E-state index contributed by atoms with van der Waals surface area (Å²) in [7, 11) is 1.78. The zero-order valence-corrected chi connectivity index (χ0v) is 10.7. The van der Waals surface area contributed by atoms with Crippen LogP contribution < -0.4 is 11.1 Å². The van der Waals surface area contributed by atoms with E-state index in [0.29, 0.717) is 11.5 Å². The van der Waals surface area contributed by atoms with Crippen molar-refractivity contribution in [1.29, 1.82) is 0 Å². The summed E-state index contributed by atoms with van der Waals surface area (Å²) in [6, 6.07) is 0. The molecule has 1 aromatic heterocycles. The number of nitrogens with zero attached hydrogens (tertiary/aromatic N) is 2. The van der Waals surface area contributed by atoms with Crippen molar-refractivity contribution in [3.63, 3.8) is 0 Å². The molecule has 0 aliphatic heterocycles. The van der Waals surface area contributed by atoms with Crippen molar-refractivity contribution in [2.75, 3.05) is 24.3 Å². The maximum atomic E-state index is 9.25. The van der Waals surface area contributed by atoms with Gasteiger partial charge in [0.1, 0.15) is 5.82 Å². The van der Waals surface area contributed by atoms with Gasteiger partial charge >= 0.3 is 0 Å². The number of aliphatic hydroxyl groups is 2. The molecule has 1 heterocycles.